The SMILES string of the molecule is CCCc1cc(CO)cc(N(C)CC)n1. The third-order valence-corrected chi connectivity index (χ3v) is 2.48. The molecule has 1 aromatic rings. The number of pyridine rings is 1. The van der Waals surface area contributed by atoms with Crippen LogP contribution in [0.1, 0.15) is 31.5 Å². The lowest BCUT2D eigenvalue weighted by Crippen LogP contribution is -2.18. The molecule has 0 saturated carbocycles. The smallest absolute Gasteiger partial charge is 0.128 e. The van der Waals surface area contributed by atoms with Gasteiger partial charge in [0.2, 0.25) is 0 Å². The van der Waals surface area contributed by atoms with Gasteiger partial charge in [0.05, 0.1) is 6.61 Å². The summed E-state index contributed by atoms with van der Waals surface area (Å²) in [6.07, 6.45) is 2.05. The Kier molecular flexibility index (Phi) is 4.56. The molecule has 1 heterocycles. The minimum Gasteiger partial charge on any atom is -0.392 e. The molecule has 0 saturated heterocycles. The first-order valence-electron chi connectivity index (χ1n) is 5.53. The molecule has 0 unspecified atom stereocenters. The first-order valence-corrected chi connectivity index (χ1v) is 5.53. The lowest BCUT2D eigenvalue weighted by Gasteiger charge is -2.17. The summed E-state index contributed by atoms with van der Waals surface area (Å²) >= 11 is 0. The number of rotatable bonds is 5. The minimum atomic E-state index is 0.0871. The molecule has 0 fully saturated rings. The van der Waals surface area contributed by atoms with Gasteiger partial charge in [0.15, 0.2) is 0 Å². The minimum absolute atomic E-state index is 0.0871. The van der Waals surface area contributed by atoms with Crippen LogP contribution in [0.4, 0.5) is 5.82 Å². The molecule has 0 aliphatic rings. The van der Waals surface area contributed by atoms with Crippen LogP contribution in [0.3, 0.4) is 0 Å². The van der Waals surface area contributed by atoms with Crippen LogP contribution in [-0.2, 0) is 13.0 Å². The molecule has 84 valence electrons. The Morgan fingerprint density at radius 1 is 1.33 bits per heavy atom. The summed E-state index contributed by atoms with van der Waals surface area (Å²) < 4.78 is 0. The van der Waals surface area contributed by atoms with E-state index in [1.807, 2.05) is 19.2 Å². The van der Waals surface area contributed by atoms with Crippen molar-refractivity contribution in [2.24, 2.45) is 0 Å². The highest BCUT2D eigenvalue weighted by atomic mass is 16.3. The van der Waals surface area contributed by atoms with Crippen LogP contribution in [0.15, 0.2) is 12.1 Å². The number of hydrogen-bond acceptors (Lipinski definition) is 3. The van der Waals surface area contributed by atoms with Crippen molar-refractivity contribution in [2.45, 2.75) is 33.3 Å². The summed E-state index contributed by atoms with van der Waals surface area (Å²) in [6.45, 7) is 5.24. The third-order valence-electron chi connectivity index (χ3n) is 2.48. The molecule has 1 N–H and O–H groups in total. The molecule has 0 amide bonds. The largest absolute Gasteiger partial charge is 0.392 e. The Hall–Kier alpha value is -1.09. The standard InChI is InChI=1S/C12H20N2O/c1-4-6-11-7-10(9-15)8-12(13-11)14(3)5-2/h7-8,15H,4-6,9H2,1-3H3. The molecule has 0 aliphatic carbocycles. The van der Waals surface area contributed by atoms with E-state index in [2.05, 4.69) is 23.7 Å². The summed E-state index contributed by atoms with van der Waals surface area (Å²) in [5, 5.41) is 9.16. The molecule has 0 aliphatic heterocycles. The van der Waals surface area contributed by atoms with Gasteiger partial charge in [-0.25, -0.2) is 4.98 Å². The van der Waals surface area contributed by atoms with Gasteiger partial charge in [0.1, 0.15) is 5.82 Å². The second-order valence-electron chi connectivity index (χ2n) is 3.75. The maximum atomic E-state index is 9.16. The maximum Gasteiger partial charge on any atom is 0.128 e. The molecular weight excluding hydrogens is 188 g/mol. The fourth-order valence-corrected chi connectivity index (χ4v) is 1.47. The summed E-state index contributed by atoms with van der Waals surface area (Å²) in [7, 11) is 2.01. The van der Waals surface area contributed by atoms with E-state index < -0.39 is 0 Å². The molecule has 3 nitrogen and oxygen atoms in total. The number of aliphatic hydroxyl groups excluding tert-OH is 1. The number of aliphatic hydroxyl groups is 1. The Labute approximate surface area is 91.8 Å². The highest BCUT2D eigenvalue weighted by molar-refractivity contribution is 5.41. The Balaban J connectivity index is 2.99. The van der Waals surface area contributed by atoms with E-state index in [1.165, 1.54) is 0 Å². The van der Waals surface area contributed by atoms with E-state index in [-0.39, 0.29) is 6.61 Å². The van der Waals surface area contributed by atoms with Crippen molar-refractivity contribution >= 4 is 5.82 Å². The second kappa shape index (κ2) is 5.71. The Morgan fingerprint density at radius 2 is 2.07 bits per heavy atom. The fourth-order valence-electron chi connectivity index (χ4n) is 1.47. The predicted molar refractivity (Wildman–Crippen MR) is 63.1 cm³/mol. The van der Waals surface area contributed by atoms with Gasteiger partial charge in [-0.1, -0.05) is 13.3 Å². The van der Waals surface area contributed by atoms with Crippen LogP contribution < -0.4 is 4.90 Å². The molecule has 0 aromatic carbocycles. The topological polar surface area (TPSA) is 36.4 Å². The van der Waals surface area contributed by atoms with Crippen molar-refractivity contribution in [1.29, 1.82) is 0 Å². The Bertz CT molecular complexity index is 312. The quantitative estimate of drug-likeness (QED) is 0.804. The van der Waals surface area contributed by atoms with Crippen LogP contribution in [0.5, 0.6) is 0 Å². The summed E-state index contributed by atoms with van der Waals surface area (Å²) in [4.78, 5) is 6.64. The molecular formula is C12H20N2O. The number of hydrogen-bond donors (Lipinski definition) is 1. The highest BCUT2D eigenvalue weighted by Gasteiger charge is 2.04. The highest BCUT2D eigenvalue weighted by Crippen LogP contribution is 2.15. The zero-order valence-corrected chi connectivity index (χ0v) is 9.82. The number of aromatic nitrogens is 1. The van der Waals surface area contributed by atoms with Gasteiger partial charge in [-0.05, 0) is 31.0 Å². The van der Waals surface area contributed by atoms with Crippen molar-refractivity contribution in [1.82, 2.24) is 4.98 Å². The van der Waals surface area contributed by atoms with Gasteiger partial charge in [0, 0.05) is 19.3 Å². The van der Waals surface area contributed by atoms with E-state index in [4.69, 9.17) is 5.11 Å². The van der Waals surface area contributed by atoms with Crippen molar-refractivity contribution in [3.63, 3.8) is 0 Å². The molecule has 3 heteroatoms. The maximum absolute atomic E-state index is 9.16. The van der Waals surface area contributed by atoms with Crippen molar-refractivity contribution in [2.75, 3.05) is 18.5 Å². The van der Waals surface area contributed by atoms with E-state index in [1.54, 1.807) is 0 Å². The van der Waals surface area contributed by atoms with Crippen molar-refractivity contribution in [3.05, 3.63) is 23.4 Å². The first-order chi connectivity index (χ1) is 7.21. The van der Waals surface area contributed by atoms with E-state index in [9.17, 15) is 0 Å². The van der Waals surface area contributed by atoms with Crippen LogP contribution in [0.25, 0.3) is 0 Å². The predicted octanol–water partition coefficient (Wildman–Crippen LogP) is 1.98. The molecule has 0 bridgehead atoms. The number of nitrogens with zero attached hydrogens (tertiary/aromatic N) is 2. The van der Waals surface area contributed by atoms with Gasteiger partial charge in [-0.3, -0.25) is 0 Å². The second-order valence-corrected chi connectivity index (χ2v) is 3.75. The third kappa shape index (κ3) is 3.20. The molecule has 1 aromatic heterocycles. The van der Waals surface area contributed by atoms with Crippen molar-refractivity contribution < 1.29 is 5.11 Å². The van der Waals surface area contributed by atoms with Crippen LogP contribution in [0, 0.1) is 0 Å². The average Bonchev–Trinajstić information content (AvgIpc) is 2.28. The van der Waals surface area contributed by atoms with Gasteiger partial charge in [-0.15, -0.1) is 0 Å². The zero-order chi connectivity index (χ0) is 11.3. The lowest BCUT2D eigenvalue weighted by atomic mass is 10.1. The van der Waals surface area contributed by atoms with Crippen LogP contribution in [0.2, 0.25) is 0 Å². The molecule has 1 rings (SSSR count). The summed E-state index contributed by atoms with van der Waals surface area (Å²) in [5.41, 5.74) is 2.02. The van der Waals surface area contributed by atoms with Gasteiger partial charge in [0.25, 0.3) is 0 Å². The van der Waals surface area contributed by atoms with Crippen LogP contribution >= 0.6 is 0 Å². The summed E-state index contributed by atoms with van der Waals surface area (Å²) in [6, 6.07) is 3.93. The van der Waals surface area contributed by atoms with E-state index in [0.717, 1.165) is 36.5 Å². The molecule has 0 spiro atoms. The van der Waals surface area contributed by atoms with E-state index in [0.29, 0.717) is 0 Å². The number of anilines is 1. The van der Waals surface area contributed by atoms with Crippen LogP contribution in [-0.4, -0.2) is 23.7 Å². The van der Waals surface area contributed by atoms with E-state index >= 15 is 0 Å². The molecule has 0 atom stereocenters. The van der Waals surface area contributed by atoms with Gasteiger partial charge < -0.3 is 10.0 Å². The summed E-state index contributed by atoms with van der Waals surface area (Å²) in [5.74, 6) is 0.951. The number of aryl methyl sites for hydroxylation is 1. The monoisotopic (exact) mass is 208 g/mol. The van der Waals surface area contributed by atoms with Gasteiger partial charge >= 0.3 is 0 Å². The Morgan fingerprint density at radius 3 is 2.60 bits per heavy atom. The normalized spacial score (nSPS) is 10.4. The van der Waals surface area contributed by atoms with Gasteiger partial charge in [-0.2, -0.15) is 0 Å². The zero-order valence-electron chi connectivity index (χ0n) is 9.82. The average molecular weight is 208 g/mol. The molecule has 15 heavy (non-hydrogen) atoms. The van der Waals surface area contributed by atoms with Crippen molar-refractivity contribution in [3.8, 4) is 0 Å². The lowest BCUT2D eigenvalue weighted by molar-refractivity contribution is 0.281. The fraction of sp³-hybridized carbons (Fsp3) is 0.583. The first kappa shape index (κ1) is 12.0. The molecule has 0 radical (unpaired) electrons.